The molecule has 4 aliphatic rings. The minimum atomic E-state index is 0.107. The minimum absolute atomic E-state index is 0.107. The highest BCUT2D eigenvalue weighted by molar-refractivity contribution is 5.72. The Morgan fingerprint density at radius 2 is 1.44 bits per heavy atom. The van der Waals surface area contributed by atoms with Gasteiger partial charge in [0.05, 0.1) is 12.5 Å². The molecule has 0 amide bonds. The van der Waals surface area contributed by atoms with Gasteiger partial charge in [-0.1, -0.05) is 46.0 Å². The van der Waals surface area contributed by atoms with Gasteiger partial charge in [0.25, 0.3) is 0 Å². The first-order chi connectivity index (χ1) is 13.1. The molecule has 4 saturated carbocycles. The van der Waals surface area contributed by atoms with Gasteiger partial charge >= 0.3 is 5.97 Å². The summed E-state index contributed by atoms with van der Waals surface area (Å²) in [6, 6.07) is 0. The average molecular weight is 377 g/mol. The number of hydrogen-bond acceptors (Lipinski definition) is 2. The number of fused-ring (bicyclic) bond motifs is 3. The molecular formula is C25H44O2. The molecule has 0 unspecified atom stereocenters. The third kappa shape index (κ3) is 5.10. The normalized spacial score (nSPS) is 35.9. The summed E-state index contributed by atoms with van der Waals surface area (Å²) in [7, 11) is 0. The fourth-order valence-corrected chi connectivity index (χ4v) is 6.75. The number of unbranched alkanes of at least 4 members (excludes halogenated alkanes) is 4. The molecule has 0 spiro atoms. The quantitative estimate of drug-likeness (QED) is 0.292. The number of ether oxygens (including phenoxy) is 1. The van der Waals surface area contributed by atoms with Crippen LogP contribution < -0.4 is 0 Å². The average Bonchev–Trinajstić information content (AvgIpc) is 2.72. The van der Waals surface area contributed by atoms with Crippen molar-refractivity contribution in [3.05, 3.63) is 0 Å². The van der Waals surface area contributed by atoms with Crippen LogP contribution in [0.1, 0.15) is 123 Å². The van der Waals surface area contributed by atoms with Crippen molar-refractivity contribution in [1.29, 1.82) is 0 Å². The molecule has 4 fully saturated rings. The lowest BCUT2D eigenvalue weighted by molar-refractivity contribution is -0.151. The summed E-state index contributed by atoms with van der Waals surface area (Å²) >= 11 is 0. The Morgan fingerprint density at radius 3 is 2.04 bits per heavy atom. The Bertz CT molecular complexity index is 436. The Kier molecular flexibility index (Phi) is 7.68. The summed E-state index contributed by atoms with van der Waals surface area (Å²) in [6.07, 6.45) is 22.5. The maximum Gasteiger partial charge on any atom is 0.308 e. The van der Waals surface area contributed by atoms with Crippen LogP contribution in [0.4, 0.5) is 0 Å². The predicted octanol–water partition coefficient (Wildman–Crippen LogP) is 7.45. The first-order valence-corrected chi connectivity index (χ1v) is 12.3. The molecule has 0 aromatic rings. The molecule has 0 aromatic carbocycles. The van der Waals surface area contributed by atoms with Crippen LogP contribution in [-0.2, 0) is 9.53 Å². The number of hydrogen-bond donors (Lipinski definition) is 0. The summed E-state index contributed by atoms with van der Waals surface area (Å²) < 4.78 is 5.60. The van der Waals surface area contributed by atoms with Crippen LogP contribution in [0.25, 0.3) is 0 Å². The van der Waals surface area contributed by atoms with Crippen molar-refractivity contribution in [2.75, 3.05) is 6.61 Å². The molecule has 4 rings (SSSR count). The van der Waals surface area contributed by atoms with Crippen molar-refractivity contribution in [2.24, 2.45) is 22.7 Å². The molecule has 0 aromatic heterocycles. The summed E-state index contributed by atoms with van der Waals surface area (Å²) in [6.45, 7) is 5.24. The van der Waals surface area contributed by atoms with Crippen LogP contribution >= 0.6 is 0 Å². The zero-order valence-corrected chi connectivity index (χ0v) is 18.2. The van der Waals surface area contributed by atoms with E-state index in [9.17, 15) is 4.79 Å². The van der Waals surface area contributed by atoms with Crippen LogP contribution in [-0.4, -0.2) is 12.6 Å². The first kappa shape index (κ1) is 21.2. The summed E-state index contributed by atoms with van der Waals surface area (Å²) in [5.74, 6) is 1.19. The van der Waals surface area contributed by atoms with E-state index in [2.05, 4.69) is 13.8 Å². The molecule has 0 N–H and O–H groups in total. The topological polar surface area (TPSA) is 26.3 Å². The minimum Gasteiger partial charge on any atom is -0.465 e. The van der Waals surface area contributed by atoms with Crippen molar-refractivity contribution in [1.82, 2.24) is 0 Å². The lowest BCUT2D eigenvalue weighted by Gasteiger charge is -2.57. The van der Waals surface area contributed by atoms with Gasteiger partial charge in [-0.25, -0.2) is 0 Å². The molecule has 4 aliphatic carbocycles. The maximum atomic E-state index is 12.4. The SMILES string of the molecule is CCCCCCCOC(=O)[C@H]1CC[C@H](C23CCC(CCC)(CC2)CC3)CC1. The summed E-state index contributed by atoms with van der Waals surface area (Å²) in [4.78, 5) is 12.4. The second-order valence-electron chi connectivity index (χ2n) is 10.2. The van der Waals surface area contributed by atoms with Gasteiger partial charge < -0.3 is 4.74 Å². The van der Waals surface area contributed by atoms with Crippen LogP contribution in [0.15, 0.2) is 0 Å². The van der Waals surface area contributed by atoms with E-state index in [0.29, 0.717) is 17.4 Å². The van der Waals surface area contributed by atoms with Crippen molar-refractivity contribution < 1.29 is 9.53 Å². The number of carbonyl (C=O) groups excluding carboxylic acids is 1. The molecular weight excluding hydrogens is 332 g/mol. The zero-order valence-electron chi connectivity index (χ0n) is 18.2. The van der Waals surface area contributed by atoms with Gasteiger partial charge in [0, 0.05) is 0 Å². The van der Waals surface area contributed by atoms with E-state index >= 15 is 0 Å². The second-order valence-corrected chi connectivity index (χ2v) is 10.2. The Morgan fingerprint density at radius 1 is 0.815 bits per heavy atom. The van der Waals surface area contributed by atoms with E-state index in [-0.39, 0.29) is 11.9 Å². The third-order valence-electron chi connectivity index (χ3n) is 8.66. The molecule has 2 bridgehead atoms. The van der Waals surface area contributed by atoms with Crippen LogP contribution in [0.5, 0.6) is 0 Å². The van der Waals surface area contributed by atoms with Gasteiger partial charge in [0.1, 0.15) is 0 Å². The molecule has 2 heteroatoms. The third-order valence-corrected chi connectivity index (χ3v) is 8.66. The molecule has 156 valence electrons. The number of rotatable bonds is 10. The highest BCUT2D eigenvalue weighted by Gasteiger charge is 2.51. The highest BCUT2D eigenvalue weighted by atomic mass is 16.5. The standard InChI is InChI=1S/C25H44O2/c1-3-5-6-7-8-20-27-23(26)21-9-11-22(12-10-21)25-17-14-24(13-4-2,15-18-25)16-19-25/h21-22H,3-20H2,1-2H3/t21-,22-,24?,25?. The van der Waals surface area contributed by atoms with Gasteiger partial charge in [-0.15, -0.1) is 0 Å². The second kappa shape index (κ2) is 9.79. The van der Waals surface area contributed by atoms with Crippen LogP contribution in [0, 0.1) is 22.7 Å². The van der Waals surface area contributed by atoms with Gasteiger partial charge in [-0.05, 0) is 93.8 Å². The maximum absolute atomic E-state index is 12.4. The summed E-state index contributed by atoms with van der Waals surface area (Å²) in [5, 5.41) is 0. The summed E-state index contributed by atoms with van der Waals surface area (Å²) in [5.41, 5.74) is 1.36. The van der Waals surface area contributed by atoms with Crippen LogP contribution in [0.2, 0.25) is 0 Å². The van der Waals surface area contributed by atoms with Gasteiger partial charge in [-0.2, -0.15) is 0 Å². The van der Waals surface area contributed by atoms with Crippen molar-refractivity contribution >= 4 is 5.97 Å². The lowest BCUT2D eigenvalue weighted by Crippen LogP contribution is -2.46. The molecule has 0 heterocycles. The predicted molar refractivity (Wildman–Crippen MR) is 113 cm³/mol. The number of carbonyl (C=O) groups is 1. The van der Waals surface area contributed by atoms with Gasteiger partial charge in [-0.3, -0.25) is 4.79 Å². The highest BCUT2D eigenvalue weighted by Crippen LogP contribution is 2.63. The van der Waals surface area contributed by atoms with E-state index in [1.54, 1.807) is 0 Å². The first-order valence-electron chi connectivity index (χ1n) is 12.3. The Hall–Kier alpha value is -0.530. The van der Waals surface area contributed by atoms with Crippen LogP contribution in [0.3, 0.4) is 0 Å². The molecule has 0 aliphatic heterocycles. The lowest BCUT2D eigenvalue weighted by atomic mass is 9.48. The zero-order chi connectivity index (χ0) is 19.2. The molecule has 2 nitrogen and oxygen atoms in total. The van der Waals surface area contributed by atoms with Crippen molar-refractivity contribution in [2.45, 2.75) is 123 Å². The largest absolute Gasteiger partial charge is 0.465 e. The fourth-order valence-electron chi connectivity index (χ4n) is 6.75. The molecule has 0 atom stereocenters. The Balaban J connectivity index is 1.37. The Labute approximate surface area is 168 Å². The van der Waals surface area contributed by atoms with Gasteiger partial charge in [0.15, 0.2) is 0 Å². The van der Waals surface area contributed by atoms with E-state index in [0.717, 1.165) is 25.2 Å². The molecule has 0 radical (unpaired) electrons. The van der Waals surface area contributed by atoms with Crippen molar-refractivity contribution in [3.8, 4) is 0 Å². The van der Waals surface area contributed by atoms with E-state index in [4.69, 9.17) is 4.74 Å². The van der Waals surface area contributed by atoms with Crippen molar-refractivity contribution in [3.63, 3.8) is 0 Å². The van der Waals surface area contributed by atoms with E-state index in [1.807, 2.05) is 0 Å². The monoisotopic (exact) mass is 376 g/mol. The number of esters is 1. The fraction of sp³-hybridized carbons (Fsp3) is 0.960. The smallest absolute Gasteiger partial charge is 0.308 e. The van der Waals surface area contributed by atoms with E-state index in [1.165, 1.54) is 89.9 Å². The molecule has 0 saturated heterocycles. The van der Waals surface area contributed by atoms with Gasteiger partial charge in [0.2, 0.25) is 0 Å². The van der Waals surface area contributed by atoms with E-state index < -0.39 is 0 Å². The molecule has 27 heavy (non-hydrogen) atoms.